The average Bonchev–Trinajstić information content (AvgIpc) is 2.71. The average molecular weight is 465 g/mol. The highest BCUT2D eigenvalue weighted by Gasteiger charge is 2.29. The third kappa shape index (κ3) is 9.48. The molecule has 0 aromatic heterocycles. The second kappa shape index (κ2) is 12.8. The van der Waals surface area contributed by atoms with Gasteiger partial charge in [-0.25, -0.2) is 4.79 Å². The highest BCUT2D eigenvalue weighted by molar-refractivity contribution is 5.94. The number of nitrogens with one attached hydrogen (secondary N) is 3. The molecule has 0 aliphatic carbocycles. The van der Waals surface area contributed by atoms with E-state index < -0.39 is 47.9 Å². The first-order valence-corrected chi connectivity index (χ1v) is 11.0. The lowest BCUT2D eigenvalue weighted by Gasteiger charge is -2.25. The third-order valence-corrected chi connectivity index (χ3v) is 5.05. The van der Waals surface area contributed by atoms with Gasteiger partial charge in [0.05, 0.1) is 6.04 Å². The van der Waals surface area contributed by atoms with E-state index in [2.05, 4.69) is 16.0 Å². The van der Waals surface area contributed by atoms with Gasteiger partial charge in [-0.15, -0.1) is 0 Å². The first kappa shape index (κ1) is 27.9. The SMILES string of the molecule is CC(C)CC(NC(=O)C(N)Cc1ccc(O)cc1)C(=O)NC(C)C(=O)NC(C(=O)O)C(C)C. The topological polar surface area (TPSA) is 171 Å². The van der Waals surface area contributed by atoms with Gasteiger partial charge >= 0.3 is 5.97 Å². The summed E-state index contributed by atoms with van der Waals surface area (Å²) in [7, 11) is 0. The zero-order chi connectivity index (χ0) is 25.3. The lowest BCUT2D eigenvalue weighted by atomic mass is 10.0. The Balaban J connectivity index is 2.78. The van der Waals surface area contributed by atoms with Crippen LogP contribution < -0.4 is 21.7 Å². The largest absolute Gasteiger partial charge is 0.508 e. The number of phenols is 1. The summed E-state index contributed by atoms with van der Waals surface area (Å²) >= 11 is 0. The van der Waals surface area contributed by atoms with Crippen LogP contribution >= 0.6 is 0 Å². The molecule has 184 valence electrons. The van der Waals surface area contributed by atoms with Gasteiger partial charge in [0.1, 0.15) is 23.9 Å². The van der Waals surface area contributed by atoms with Gasteiger partial charge in [0, 0.05) is 0 Å². The molecule has 3 amide bonds. The van der Waals surface area contributed by atoms with Crippen molar-refractivity contribution in [3.8, 4) is 5.75 Å². The number of carbonyl (C=O) groups excluding carboxylic acids is 3. The van der Waals surface area contributed by atoms with E-state index in [1.165, 1.54) is 19.1 Å². The Morgan fingerprint density at radius 3 is 1.94 bits per heavy atom. The lowest BCUT2D eigenvalue weighted by Crippen LogP contribution is -2.57. The number of carboxylic acids is 1. The predicted molar refractivity (Wildman–Crippen MR) is 123 cm³/mol. The van der Waals surface area contributed by atoms with Gasteiger partial charge in [0.2, 0.25) is 17.7 Å². The minimum absolute atomic E-state index is 0.0656. The summed E-state index contributed by atoms with van der Waals surface area (Å²) in [6.45, 7) is 8.55. The number of nitrogens with two attached hydrogens (primary N) is 1. The van der Waals surface area contributed by atoms with E-state index in [0.717, 1.165) is 5.56 Å². The Bertz CT molecular complexity index is 825. The number of aliphatic carboxylic acids is 1. The lowest BCUT2D eigenvalue weighted by molar-refractivity contribution is -0.143. The Kier molecular flexibility index (Phi) is 10.8. The number of amides is 3. The van der Waals surface area contributed by atoms with Crippen LogP contribution in [0.25, 0.3) is 0 Å². The van der Waals surface area contributed by atoms with E-state index in [-0.39, 0.29) is 24.0 Å². The first-order valence-electron chi connectivity index (χ1n) is 11.0. The molecule has 4 atom stereocenters. The highest BCUT2D eigenvalue weighted by Crippen LogP contribution is 2.12. The normalized spacial score (nSPS) is 14.8. The van der Waals surface area contributed by atoms with Crippen molar-refractivity contribution >= 4 is 23.7 Å². The molecule has 0 heterocycles. The molecular weight excluding hydrogens is 428 g/mol. The maximum atomic E-state index is 12.8. The molecule has 0 bridgehead atoms. The van der Waals surface area contributed by atoms with Crippen molar-refractivity contribution in [3.63, 3.8) is 0 Å². The third-order valence-electron chi connectivity index (χ3n) is 5.05. The number of aromatic hydroxyl groups is 1. The van der Waals surface area contributed by atoms with Gasteiger partial charge in [0.25, 0.3) is 0 Å². The Morgan fingerprint density at radius 1 is 0.879 bits per heavy atom. The number of hydrogen-bond donors (Lipinski definition) is 6. The second-order valence-corrected chi connectivity index (χ2v) is 8.97. The Labute approximate surface area is 194 Å². The van der Waals surface area contributed by atoms with Crippen LogP contribution in [0.15, 0.2) is 24.3 Å². The van der Waals surface area contributed by atoms with Crippen molar-refractivity contribution in [2.24, 2.45) is 17.6 Å². The van der Waals surface area contributed by atoms with Gasteiger partial charge < -0.3 is 31.9 Å². The zero-order valence-electron chi connectivity index (χ0n) is 19.8. The van der Waals surface area contributed by atoms with Crippen LogP contribution in [0.1, 0.15) is 46.6 Å². The molecule has 1 aromatic carbocycles. The van der Waals surface area contributed by atoms with Crippen LogP contribution in [-0.4, -0.2) is 58.1 Å². The van der Waals surface area contributed by atoms with Crippen molar-refractivity contribution in [3.05, 3.63) is 29.8 Å². The summed E-state index contributed by atoms with van der Waals surface area (Å²) in [6, 6.07) is 2.38. The fourth-order valence-electron chi connectivity index (χ4n) is 3.13. The summed E-state index contributed by atoms with van der Waals surface area (Å²) in [5.41, 5.74) is 6.75. The van der Waals surface area contributed by atoms with Crippen LogP contribution in [0, 0.1) is 11.8 Å². The maximum absolute atomic E-state index is 12.8. The molecule has 0 fully saturated rings. The molecule has 33 heavy (non-hydrogen) atoms. The number of benzene rings is 1. The van der Waals surface area contributed by atoms with Crippen molar-refractivity contribution in [1.82, 2.24) is 16.0 Å². The van der Waals surface area contributed by atoms with E-state index in [1.54, 1.807) is 26.0 Å². The minimum atomic E-state index is -1.16. The van der Waals surface area contributed by atoms with Gasteiger partial charge in [-0.3, -0.25) is 14.4 Å². The molecular formula is C23H36N4O6. The monoisotopic (exact) mass is 464 g/mol. The number of rotatable bonds is 12. The van der Waals surface area contributed by atoms with Gasteiger partial charge in [-0.1, -0.05) is 39.8 Å². The minimum Gasteiger partial charge on any atom is -0.508 e. The molecule has 1 rings (SSSR count). The number of carboxylic acid groups (broad SMARTS) is 1. The molecule has 4 unspecified atom stereocenters. The summed E-state index contributed by atoms with van der Waals surface area (Å²) in [5.74, 6) is -3.05. The van der Waals surface area contributed by atoms with Crippen LogP contribution in [0.2, 0.25) is 0 Å². The second-order valence-electron chi connectivity index (χ2n) is 8.97. The summed E-state index contributed by atoms with van der Waals surface area (Å²) in [4.78, 5) is 49.1. The standard InChI is InChI=1S/C23H36N4O6/c1-12(2)10-18(26-21(30)17(24)11-15-6-8-16(28)9-7-15)22(31)25-14(5)20(29)27-19(13(3)4)23(32)33/h6-9,12-14,17-19,28H,10-11,24H2,1-5H3,(H,25,31)(H,26,30)(H,27,29)(H,32,33). The van der Waals surface area contributed by atoms with E-state index in [0.29, 0.717) is 6.42 Å². The van der Waals surface area contributed by atoms with E-state index >= 15 is 0 Å². The van der Waals surface area contributed by atoms with Crippen molar-refractivity contribution in [2.75, 3.05) is 0 Å². The molecule has 7 N–H and O–H groups in total. The quantitative estimate of drug-likeness (QED) is 0.262. The summed E-state index contributed by atoms with van der Waals surface area (Å²) in [5, 5.41) is 26.2. The molecule has 10 nitrogen and oxygen atoms in total. The smallest absolute Gasteiger partial charge is 0.326 e. The van der Waals surface area contributed by atoms with Crippen molar-refractivity contribution in [1.29, 1.82) is 0 Å². The fourth-order valence-corrected chi connectivity index (χ4v) is 3.13. The zero-order valence-corrected chi connectivity index (χ0v) is 19.8. The fraction of sp³-hybridized carbons (Fsp3) is 0.565. The Morgan fingerprint density at radius 2 is 1.45 bits per heavy atom. The van der Waals surface area contributed by atoms with Crippen molar-refractivity contribution in [2.45, 2.75) is 71.6 Å². The van der Waals surface area contributed by atoms with Gasteiger partial charge in [0.15, 0.2) is 0 Å². The molecule has 0 aliphatic rings. The first-order chi connectivity index (χ1) is 15.3. The summed E-state index contributed by atoms with van der Waals surface area (Å²) in [6.07, 6.45) is 0.536. The number of carbonyl (C=O) groups is 4. The van der Waals surface area contributed by atoms with E-state index in [4.69, 9.17) is 5.73 Å². The van der Waals surface area contributed by atoms with Crippen LogP contribution in [0.3, 0.4) is 0 Å². The Hall–Kier alpha value is -3.14. The van der Waals surface area contributed by atoms with E-state index in [1.807, 2.05) is 13.8 Å². The van der Waals surface area contributed by atoms with Crippen LogP contribution in [0.5, 0.6) is 5.75 Å². The predicted octanol–water partition coefficient (Wildman–Crippen LogP) is 0.523. The molecule has 0 aliphatic heterocycles. The molecule has 1 aromatic rings. The molecule has 0 saturated carbocycles. The highest BCUT2D eigenvalue weighted by atomic mass is 16.4. The molecule has 0 radical (unpaired) electrons. The molecule has 10 heteroatoms. The van der Waals surface area contributed by atoms with Crippen molar-refractivity contribution < 1.29 is 29.4 Å². The molecule has 0 saturated heterocycles. The maximum Gasteiger partial charge on any atom is 0.326 e. The number of hydrogen-bond acceptors (Lipinski definition) is 6. The number of phenolic OH excluding ortho intramolecular Hbond substituents is 1. The molecule has 0 spiro atoms. The van der Waals surface area contributed by atoms with Gasteiger partial charge in [-0.05, 0) is 49.3 Å². The van der Waals surface area contributed by atoms with Crippen LogP contribution in [0.4, 0.5) is 0 Å². The summed E-state index contributed by atoms with van der Waals surface area (Å²) < 4.78 is 0. The van der Waals surface area contributed by atoms with Gasteiger partial charge in [-0.2, -0.15) is 0 Å². The van der Waals surface area contributed by atoms with Crippen LogP contribution in [-0.2, 0) is 25.6 Å². The van der Waals surface area contributed by atoms with E-state index in [9.17, 15) is 29.4 Å².